The molecule has 0 aliphatic carbocycles. The molecule has 0 radical (unpaired) electrons. The van der Waals surface area contributed by atoms with Gasteiger partial charge in [0.25, 0.3) is 0 Å². The second kappa shape index (κ2) is 5.24. The van der Waals surface area contributed by atoms with E-state index in [9.17, 15) is 0 Å². The Morgan fingerprint density at radius 1 is 0.941 bits per heavy atom. The maximum atomic E-state index is 5.99. The molecular weight excluding hydrogens is 211 g/mol. The molecule has 94 valence electrons. The van der Waals surface area contributed by atoms with Gasteiger partial charge in [-0.2, -0.15) is 0 Å². The van der Waals surface area contributed by atoms with Gasteiger partial charge in [-0.05, 0) is 34.6 Å². The summed E-state index contributed by atoms with van der Waals surface area (Å²) < 4.78 is 11.5. The SMILES string of the molecule is COC(C)(C)C(C)(C)OBc1ccc(C)cc1. The highest BCUT2D eigenvalue weighted by Crippen LogP contribution is 2.27. The molecule has 1 aromatic rings. The molecule has 1 aromatic carbocycles. The van der Waals surface area contributed by atoms with Gasteiger partial charge in [0.05, 0.1) is 11.2 Å². The van der Waals surface area contributed by atoms with E-state index in [4.69, 9.17) is 9.39 Å². The smallest absolute Gasteiger partial charge is 0.309 e. The van der Waals surface area contributed by atoms with Crippen molar-refractivity contribution in [1.82, 2.24) is 0 Å². The van der Waals surface area contributed by atoms with Crippen molar-refractivity contribution < 1.29 is 9.39 Å². The van der Waals surface area contributed by atoms with E-state index in [1.165, 1.54) is 11.0 Å². The van der Waals surface area contributed by atoms with Crippen molar-refractivity contribution in [3.8, 4) is 0 Å². The van der Waals surface area contributed by atoms with Crippen molar-refractivity contribution in [2.75, 3.05) is 7.11 Å². The van der Waals surface area contributed by atoms with Crippen molar-refractivity contribution in [3.05, 3.63) is 29.8 Å². The van der Waals surface area contributed by atoms with E-state index in [-0.39, 0.29) is 11.2 Å². The van der Waals surface area contributed by atoms with Crippen LogP contribution in [0.4, 0.5) is 0 Å². The van der Waals surface area contributed by atoms with Crippen LogP contribution in [-0.4, -0.2) is 25.8 Å². The van der Waals surface area contributed by atoms with Crippen LogP contribution >= 0.6 is 0 Å². The van der Waals surface area contributed by atoms with E-state index in [1.54, 1.807) is 7.11 Å². The molecule has 0 bridgehead atoms. The fraction of sp³-hybridized carbons (Fsp3) is 0.571. The molecule has 0 unspecified atom stereocenters. The van der Waals surface area contributed by atoms with Crippen molar-refractivity contribution >= 4 is 12.9 Å². The Hall–Kier alpha value is -0.795. The maximum Gasteiger partial charge on any atom is 0.309 e. The Bertz CT molecular complexity index is 355. The zero-order chi connectivity index (χ0) is 13.1. The molecule has 0 heterocycles. The van der Waals surface area contributed by atoms with Crippen molar-refractivity contribution in [2.24, 2.45) is 0 Å². The van der Waals surface area contributed by atoms with E-state index in [0.29, 0.717) is 7.48 Å². The number of hydrogen-bond donors (Lipinski definition) is 0. The zero-order valence-corrected chi connectivity index (χ0v) is 11.8. The van der Waals surface area contributed by atoms with Crippen LogP contribution in [-0.2, 0) is 9.39 Å². The molecular formula is C14H23BO2. The normalized spacial score (nSPS) is 12.6. The summed E-state index contributed by atoms with van der Waals surface area (Å²) in [6, 6.07) is 8.41. The molecule has 0 amide bonds. The van der Waals surface area contributed by atoms with Gasteiger partial charge < -0.3 is 9.39 Å². The predicted octanol–water partition coefficient (Wildman–Crippen LogP) is 2.19. The number of benzene rings is 1. The number of methoxy groups -OCH3 is 1. The minimum absolute atomic E-state index is 0.308. The van der Waals surface area contributed by atoms with Crippen LogP contribution in [0.15, 0.2) is 24.3 Å². The number of aryl methyl sites for hydroxylation is 1. The number of rotatable bonds is 5. The molecule has 0 aliphatic heterocycles. The van der Waals surface area contributed by atoms with Gasteiger partial charge in [-0.25, -0.2) is 0 Å². The standard InChI is InChI=1S/C14H23BO2/c1-11-7-9-12(10-8-11)15-17-14(4,5)13(2,3)16-6/h7-10,15H,1-6H3. The molecule has 0 atom stereocenters. The zero-order valence-electron chi connectivity index (χ0n) is 11.8. The second-order valence-electron chi connectivity index (χ2n) is 5.50. The predicted molar refractivity (Wildman–Crippen MR) is 74.2 cm³/mol. The molecule has 2 nitrogen and oxygen atoms in total. The lowest BCUT2D eigenvalue weighted by atomic mass is 9.82. The summed E-state index contributed by atoms with van der Waals surface area (Å²) in [7, 11) is 2.33. The first-order valence-electron chi connectivity index (χ1n) is 6.03. The Morgan fingerprint density at radius 3 is 1.94 bits per heavy atom. The molecule has 0 N–H and O–H groups in total. The van der Waals surface area contributed by atoms with Crippen molar-refractivity contribution in [2.45, 2.75) is 45.8 Å². The summed E-state index contributed by atoms with van der Waals surface area (Å²) in [5, 5.41) is 0. The summed E-state index contributed by atoms with van der Waals surface area (Å²) in [5.74, 6) is 0. The molecule has 0 saturated carbocycles. The van der Waals surface area contributed by atoms with E-state index >= 15 is 0 Å². The van der Waals surface area contributed by atoms with Crippen LogP contribution in [0.1, 0.15) is 33.3 Å². The monoisotopic (exact) mass is 234 g/mol. The van der Waals surface area contributed by atoms with E-state index in [1.807, 2.05) is 13.8 Å². The Morgan fingerprint density at radius 2 is 1.47 bits per heavy atom. The number of ether oxygens (including phenoxy) is 1. The third-order valence-electron chi connectivity index (χ3n) is 3.68. The average Bonchev–Trinajstić information content (AvgIpc) is 2.28. The molecule has 0 spiro atoms. The highest BCUT2D eigenvalue weighted by molar-refractivity contribution is 6.47. The largest absolute Gasteiger partial charge is 0.427 e. The van der Waals surface area contributed by atoms with Gasteiger partial charge in [-0.3, -0.25) is 0 Å². The molecule has 0 aliphatic rings. The highest BCUT2D eigenvalue weighted by Gasteiger charge is 2.37. The summed E-state index contributed by atoms with van der Waals surface area (Å²) in [4.78, 5) is 0. The van der Waals surface area contributed by atoms with Gasteiger partial charge >= 0.3 is 7.48 Å². The first-order chi connectivity index (χ1) is 7.78. The van der Waals surface area contributed by atoms with E-state index in [0.717, 1.165) is 0 Å². The third kappa shape index (κ3) is 3.58. The van der Waals surface area contributed by atoms with Crippen LogP contribution in [0.3, 0.4) is 0 Å². The summed E-state index contributed by atoms with van der Waals surface area (Å²) >= 11 is 0. The lowest BCUT2D eigenvalue weighted by molar-refractivity contribution is -0.114. The molecule has 0 saturated heterocycles. The van der Waals surface area contributed by atoms with E-state index in [2.05, 4.69) is 45.0 Å². The highest BCUT2D eigenvalue weighted by atomic mass is 16.5. The minimum atomic E-state index is -0.327. The van der Waals surface area contributed by atoms with Crippen LogP contribution in [0.5, 0.6) is 0 Å². The van der Waals surface area contributed by atoms with Crippen molar-refractivity contribution in [3.63, 3.8) is 0 Å². The maximum absolute atomic E-state index is 5.99. The minimum Gasteiger partial charge on any atom is -0.427 e. The van der Waals surface area contributed by atoms with Crippen molar-refractivity contribution in [1.29, 1.82) is 0 Å². The van der Waals surface area contributed by atoms with E-state index < -0.39 is 0 Å². The van der Waals surface area contributed by atoms with Gasteiger partial charge in [-0.15, -0.1) is 0 Å². The summed E-state index contributed by atoms with van der Waals surface area (Å²) in [6.07, 6.45) is 0. The fourth-order valence-corrected chi connectivity index (χ4v) is 1.37. The van der Waals surface area contributed by atoms with Gasteiger partial charge in [0, 0.05) is 7.11 Å². The molecule has 1 rings (SSSR count). The third-order valence-corrected chi connectivity index (χ3v) is 3.68. The molecule has 17 heavy (non-hydrogen) atoms. The Labute approximate surface area is 106 Å². The quantitative estimate of drug-likeness (QED) is 0.727. The Kier molecular flexibility index (Phi) is 4.39. The first kappa shape index (κ1) is 14.3. The van der Waals surface area contributed by atoms with Crippen LogP contribution in [0.25, 0.3) is 0 Å². The molecule has 0 fully saturated rings. The van der Waals surface area contributed by atoms with Gasteiger partial charge in [0.15, 0.2) is 0 Å². The fourth-order valence-electron chi connectivity index (χ4n) is 1.37. The van der Waals surface area contributed by atoms with Crippen LogP contribution in [0.2, 0.25) is 0 Å². The molecule has 0 aromatic heterocycles. The average molecular weight is 234 g/mol. The first-order valence-corrected chi connectivity index (χ1v) is 6.03. The van der Waals surface area contributed by atoms with Crippen LogP contribution < -0.4 is 5.46 Å². The van der Waals surface area contributed by atoms with Gasteiger partial charge in [-0.1, -0.05) is 35.3 Å². The van der Waals surface area contributed by atoms with Gasteiger partial charge in [0.1, 0.15) is 0 Å². The summed E-state index contributed by atoms with van der Waals surface area (Å²) in [5.41, 5.74) is 1.82. The number of hydrogen-bond acceptors (Lipinski definition) is 2. The van der Waals surface area contributed by atoms with Gasteiger partial charge in [0.2, 0.25) is 0 Å². The topological polar surface area (TPSA) is 18.5 Å². The molecule has 3 heteroatoms. The lowest BCUT2D eigenvalue weighted by Gasteiger charge is -2.40. The lowest BCUT2D eigenvalue weighted by Crippen LogP contribution is -2.50. The van der Waals surface area contributed by atoms with Crippen LogP contribution in [0, 0.1) is 6.92 Å². The Balaban J connectivity index is 2.64. The second-order valence-corrected chi connectivity index (χ2v) is 5.50. The summed E-state index contributed by atoms with van der Waals surface area (Å²) in [6.45, 7) is 10.3.